The fraction of sp³-hybridized carbons (Fsp3) is 0.812. The first-order chi connectivity index (χ1) is 11.7. The number of nitrogens with zero attached hydrogens (tertiary/aromatic N) is 4. The number of nitrogens with two attached hydrogens (primary N) is 1. The van der Waals surface area contributed by atoms with Gasteiger partial charge in [0.15, 0.2) is 0 Å². The van der Waals surface area contributed by atoms with E-state index < -0.39 is 0 Å². The van der Waals surface area contributed by atoms with Gasteiger partial charge in [-0.1, -0.05) is 24.7 Å². The molecule has 2 amide bonds. The molecular weight excluding hydrogens is 326 g/mol. The number of amides is 2. The van der Waals surface area contributed by atoms with Crippen LogP contribution in [0.2, 0.25) is 0 Å². The number of carbonyl (C=O) groups excluding carboxylic acids is 1. The Hall–Kier alpha value is -1.25. The maximum absolute atomic E-state index is 12.7. The summed E-state index contributed by atoms with van der Waals surface area (Å²) in [5.74, 6) is 0.464. The Balaban J connectivity index is 1.43. The van der Waals surface area contributed by atoms with Crippen LogP contribution in [0.5, 0.6) is 0 Å². The highest BCUT2D eigenvalue weighted by Crippen LogP contribution is 2.42. The maximum Gasteiger partial charge on any atom is 0.344 e. The smallest absolute Gasteiger partial charge is 0.328 e. The first kappa shape index (κ1) is 16.2. The van der Waals surface area contributed by atoms with Crippen LogP contribution < -0.4 is 5.73 Å². The normalized spacial score (nSPS) is 32.3. The molecule has 2 aliphatic heterocycles. The van der Waals surface area contributed by atoms with E-state index in [1.54, 1.807) is 16.4 Å². The third kappa shape index (κ3) is 2.80. The van der Waals surface area contributed by atoms with E-state index >= 15 is 0 Å². The van der Waals surface area contributed by atoms with Crippen molar-refractivity contribution in [2.45, 2.75) is 69.5 Å². The molecule has 2 atom stereocenters. The number of unbranched alkanes of at least 4 members (excludes halogenated alkanes) is 1. The highest BCUT2D eigenvalue weighted by atomic mass is 32.1. The molecular formula is C16H25N5O2S. The predicted octanol–water partition coefficient (Wildman–Crippen LogP) is 2.42. The summed E-state index contributed by atoms with van der Waals surface area (Å²) < 4.78 is 0. The molecule has 0 unspecified atom stereocenters. The van der Waals surface area contributed by atoms with Gasteiger partial charge in [0, 0.05) is 18.5 Å². The predicted molar refractivity (Wildman–Crippen MR) is 90.4 cm³/mol. The number of aromatic nitrogens is 2. The summed E-state index contributed by atoms with van der Waals surface area (Å²) in [6.07, 6.45) is 5.94. The summed E-state index contributed by atoms with van der Waals surface area (Å²) in [6.45, 7) is 3.47. The van der Waals surface area contributed by atoms with E-state index in [-0.39, 0.29) is 18.1 Å². The van der Waals surface area contributed by atoms with Crippen molar-refractivity contribution >= 4 is 17.4 Å². The minimum Gasteiger partial charge on any atom is -0.328 e. The van der Waals surface area contributed by atoms with Gasteiger partial charge in [-0.05, 0) is 32.1 Å². The zero-order chi connectivity index (χ0) is 16.7. The quantitative estimate of drug-likeness (QED) is 0.796. The SMILES string of the molecule is CCCCON1C(=O)N2C[C@@H]1CC[C@H]2c1nnc([C@H]2C[C@H](N)C2)s1. The minimum atomic E-state index is -0.0129. The Kier molecular flexibility index (Phi) is 4.44. The monoisotopic (exact) mass is 351 g/mol. The number of carbonyl (C=O) groups is 1. The molecule has 4 rings (SSSR count). The van der Waals surface area contributed by atoms with Gasteiger partial charge in [-0.15, -0.1) is 10.2 Å². The van der Waals surface area contributed by atoms with Gasteiger partial charge in [0.2, 0.25) is 0 Å². The second-order valence-electron chi connectivity index (χ2n) is 7.10. The van der Waals surface area contributed by atoms with E-state index in [9.17, 15) is 4.79 Å². The molecule has 0 spiro atoms. The van der Waals surface area contributed by atoms with Gasteiger partial charge in [0.05, 0.1) is 18.7 Å². The van der Waals surface area contributed by atoms with Crippen molar-refractivity contribution in [3.8, 4) is 0 Å². The zero-order valence-corrected chi connectivity index (χ0v) is 14.9. The van der Waals surface area contributed by atoms with Gasteiger partial charge in [-0.2, -0.15) is 5.06 Å². The summed E-state index contributed by atoms with van der Waals surface area (Å²) >= 11 is 1.66. The van der Waals surface area contributed by atoms with Crippen molar-refractivity contribution in [2.75, 3.05) is 13.2 Å². The van der Waals surface area contributed by atoms with Gasteiger partial charge in [-0.25, -0.2) is 4.79 Å². The van der Waals surface area contributed by atoms with Gasteiger partial charge in [0.1, 0.15) is 10.0 Å². The van der Waals surface area contributed by atoms with Crippen LogP contribution >= 0.6 is 11.3 Å². The molecule has 0 radical (unpaired) electrons. The van der Waals surface area contributed by atoms with Gasteiger partial charge in [0.25, 0.3) is 0 Å². The first-order valence-electron chi connectivity index (χ1n) is 8.99. The Labute approximate surface area is 146 Å². The van der Waals surface area contributed by atoms with Crippen molar-refractivity contribution in [2.24, 2.45) is 5.73 Å². The van der Waals surface area contributed by atoms with Crippen LogP contribution in [0.3, 0.4) is 0 Å². The zero-order valence-electron chi connectivity index (χ0n) is 14.1. The third-order valence-electron chi connectivity index (χ3n) is 5.32. The summed E-state index contributed by atoms with van der Waals surface area (Å²) in [6, 6.07) is 0.531. The number of piperidine rings is 1. The summed E-state index contributed by atoms with van der Waals surface area (Å²) in [7, 11) is 0. The molecule has 132 valence electrons. The molecule has 2 N–H and O–H groups in total. The van der Waals surface area contributed by atoms with Crippen LogP contribution in [0.15, 0.2) is 0 Å². The van der Waals surface area contributed by atoms with Gasteiger partial charge < -0.3 is 10.6 Å². The summed E-state index contributed by atoms with van der Waals surface area (Å²) in [5.41, 5.74) is 5.87. The summed E-state index contributed by atoms with van der Waals surface area (Å²) in [5, 5.41) is 12.4. The largest absolute Gasteiger partial charge is 0.344 e. The molecule has 3 aliphatic rings. The lowest BCUT2D eigenvalue weighted by Crippen LogP contribution is -2.34. The molecule has 0 aromatic carbocycles. The van der Waals surface area contributed by atoms with Crippen LogP contribution in [0.1, 0.15) is 67.4 Å². The molecule has 1 saturated carbocycles. The van der Waals surface area contributed by atoms with Gasteiger partial charge in [-0.3, -0.25) is 4.84 Å². The first-order valence-corrected chi connectivity index (χ1v) is 9.80. The number of hydroxylamine groups is 2. The van der Waals surface area contributed by atoms with E-state index in [1.807, 2.05) is 4.90 Å². The second-order valence-corrected chi connectivity index (χ2v) is 8.14. The number of hydrogen-bond acceptors (Lipinski definition) is 6. The lowest BCUT2D eigenvalue weighted by molar-refractivity contribution is -0.130. The number of rotatable bonds is 6. The van der Waals surface area contributed by atoms with Crippen molar-refractivity contribution < 1.29 is 9.63 Å². The molecule has 7 nitrogen and oxygen atoms in total. The fourth-order valence-corrected chi connectivity index (χ4v) is 4.89. The standard InChI is InChI=1S/C16H25N5O2S/c1-2-3-6-23-21-12-4-5-13(20(9-12)16(21)22)15-19-18-14(24-15)10-7-11(17)8-10/h10-13H,2-9,17H2,1H3/t10-,11-,12-,13-/m0/s1. The Bertz CT molecular complexity index is 603. The van der Waals surface area contributed by atoms with Crippen LogP contribution in [-0.2, 0) is 4.84 Å². The molecule has 2 saturated heterocycles. The number of urea groups is 1. The second kappa shape index (κ2) is 6.57. The average molecular weight is 351 g/mol. The Morgan fingerprint density at radius 2 is 2.08 bits per heavy atom. The van der Waals surface area contributed by atoms with E-state index in [0.717, 1.165) is 55.1 Å². The molecule has 1 aromatic rings. The highest BCUT2D eigenvalue weighted by molar-refractivity contribution is 7.11. The lowest BCUT2D eigenvalue weighted by Gasteiger charge is -2.30. The molecule has 8 heteroatoms. The van der Waals surface area contributed by atoms with Crippen LogP contribution in [0.25, 0.3) is 0 Å². The lowest BCUT2D eigenvalue weighted by atomic mass is 9.81. The van der Waals surface area contributed by atoms with E-state index in [4.69, 9.17) is 10.6 Å². The van der Waals surface area contributed by atoms with Crippen LogP contribution in [-0.4, -0.2) is 51.4 Å². The van der Waals surface area contributed by atoms with E-state index in [1.165, 1.54) is 0 Å². The minimum absolute atomic E-state index is 0.0129. The fourth-order valence-electron chi connectivity index (χ4n) is 3.77. The van der Waals surface area contributed by atoms with E-state index in [0.29, 0.717) is 18.6 Å². The highest BCUT2D eigenvalue weighted by Gasteiger charge is 2.47. The molecule has 2 bridgehead atoms. The van der Waals surface area contributed by atoms with Crippen LogP contribution in [0.4, 0.5) is 4.79 Å². The molecule has 24 heavy (non-hydrogen) atoms. The molecule has 1 aliphatic carbocycles. The van der Waals surface area contributed by atoms with Crippen molar-refractivity contribution in [3.05, 3.63) is 10.0 Å². The average Bonchev–Trinajstić information content (AvgIpc) is 3.12. The van der Waals surface area contributed by atoms with Crippen molar-refractivity contribution in [1.82, 2.24) is 20.2 Å². The topological polar surface area (TPSA) is 84.6 Å². The Morgan fingerprint density at radius 1 is 1.29 bits per heavy atom. The van der Waals surface area contributed by atoms with Crippen molar-refractivity contribution in [1.29, 1.82) is 0 Å². The van der Waals surface area contributed by atoms with Crippen LogP contribution in [0, 0.1) is 0 Å². The molecule has 3 fully saturated rings. The molecule has 3 heterocycles. The van der Waals surface area contributed by atoms with Gasteiger partial charge >= 0.3 is 6.03 Å². The molecule has 1 aromatic heterocycles. The maximum atomic E-state index is 12.7. The summed E-state index contributed by atoms with van der Waals surface area (Å²) in [4.78, 5) is 20.3. The Morgan fingerprint density at radius 3 is 2.83 bits per heavy atom. The van der Waals surface area contributed by atoms with E-state index in [2.05, 4.69) is 17.1 Å². The number of hydrogen-bond donors (Lipinski definition) is 1. The number of fused-ring (bicyclic) bond motifs is 2. The van der Waals surface area contributed by atoms with Crippen molar-refractivity contribution in [3.63, 3.8) is 0 Å². The third-order valence-corrected chi connectivity index (χ3v) is 6.50.